The molecule has 0 aliphatic carbocycles. The van der Waals surface area contributed by atoms with Crippen LogP contribution in [-0.4, -0.2) is 11.2 Å². The van der Waals surface area contributed by atoms with Crippen molar-refractivity contribution in [2.24, 2.45) is 0 Å². The number of carbonyl (C=O) groups excluding carboxylic acids is 1. The van der Waals surface area contributed by atoms with E-state index in [1.807, 2.05) is 5.92 Å². The van der Waals surface area contributed by atoms with E-state index in [1.165, 1.54) is 6.92 Å². The van der Waals surface area contributed by atoms with E-state index < -0.39 is 5.97 Å². The molecule has 1 N–H and O–H groups in total. The molecular weight excluding hydrogens is 96.0 g/mol. The van der Waals surface area contributed by atoms with Crippen LogP contribution in [0.25, 0.3) is 0 Å². The van der Waals surface area contributed by atoms with Crippen molar-refractivity contribution in [1.29, 1.82) is 0 Å². The first-order chi connectivity index (χ1) is 3.31. The highest BCUT2D eigenvalue weighted by atomic mass is 17.1. The summed E-state index contributed by atoms with van der Waals surface area (Å²) in [6, 6.07) is 0. The van der Waals surface area contributed by atoms with Crippen molar-refractivity contribution in [2.45, 2.75) is 6.92 Å². The smallest absolute Gasteiger partial charge is 0.286 e. The molecule has 0 radical (unpaired) electrons. The molecule has 0 atom stereocenters. The standard InChI is InChI=1S/C4H4O3/c1-2-3-4(5)7-6/h6H,1H3. The van der Waals surface area contributed by atoms with E-state index in [0.717, 1.165) is 0 Å². The summed E-state index contributed by atoms with van der Waals surface area (Å²) in [6.07, 6.45) is 0. The maximum Gasteiger partial charge on any atom is 0.416 e. The zero-order valence-corrected chi connectivity index (χ0v) is 3.76. The van der Waals surface area contributed by atoms with Gasteiger partial charge in [-0.2, -0.15) is 5.26 Å². The first kappa shape index (κ1) is 5.99. The Morgan fingerprint density at radius 1 is 1.86 bits per heavy atom. The summed E-state index contributed by atoms with van der Waals surface area (Å²) in [5.74, 6) is 3.24. The Balaban J connectivity index is 3.52. The summed E-state index contributed by atoms with van der Waals surface area (Å²) in [5, 5.41) is 7.51. The fraction of sp³-hybridized carbons (Fsp3) is 0.250. The van der Waals surface area contributed by atoms with E-state index in [4.69, 9.17) is 5.26 Å². The van der Waals surface area contributed by atoms with E-state index in [0.29, 0.717) is 0 Å². The molecule has 0 heterocycles. The predicted octanol–water partition coefficient (Wildman–Crippen LogP) is 0.0259. The van der Waals surface area contributed by atoms with Crippen molar-refractivity contribution in [3.63, 3.8) is 0 Å². The molecule has 0 aromatic carbocycles. The first-order valence-electron chi connectivity index (χ1n) is 1.59. The second-order valence-electron chi connectivity index (χ2n) is 0.754. The molecule has 7 heavy (non-hydrogen) atoms. The molecule has 3 nitrogen and oxygen atoms in total. The summed E-state index contributed by atoms with van der Waals surface area (Å²) in [7, 11) is 0. The molecule has 0 amide bonds. The number of rotatable bonds is 0. The molecule has 0 aliphatic heterocycles. The van der Waals surface area contributed by atoms with Gasteiger partial charge in [-0.1, -0.05) is 5.92 Å². The second kappa shape index (κ2) is 3.19. The van der Waals surface area contributed by atoms with Crippen LogP contribution >= 0.6 is 0 Å². The van der Waals surface area contributed by atoms with Gasteiger partial charge < -0.3 is 0 Å². The van der Waals surface area contributed by atoms with Gasteiger partial charge in [0.05, 0.1) is 0 Å². The van der Waals surface area contributed by atoms with E-state index in [-0.39, 0.29) is 0 Å². The molecule has 0 rings (SSSR count). The average molecular weight is 100 g/mol. The van der Waals surface area contributed by atoms with Crippen LogP contribution in [-0.2, 0) is 9.68 Å². The summed E-state index contributed by atoms with van der Waals surface area (Å²) in [6.45, 7) is 1.47. The van der Waals surface area contributed by atoms with E-state index in [2.05, 4.69) is 10.8 Å². The van der Waals surface area contributed by atoms with Crippen molar-refractivity contribution in [3.8, 4) is 11.8 Å². The Kier molecular flexibility index (Phi) is 2.73. The van der Waals surface area contributed by atoms with Gasteiger partial charge in [-0.05, 0) is 6.92 Å². The lowest BCUT2D eigenvalue weighted by Crippen LogP contribution is -1.94. The Hall–Kier alpha value is -1.01. The number of carbonyl (C=O) groups is 1. The topological polar surface area (TPSA) is 46.5 Å². The second-order valence-corrected chi connectivity index (χ2v) is 0.754. The highest BCUT2D eigenvalue weighted by Crippen LogP contribution is 1.63. The molecule has 0 bridgehead atoms. The fourth-order valence-corrected chi connectivity index (χ4v) is 0.125. The normalized spacial score (nSPS) is 6.00. The van der Waals surface area contributed by atoms with Crippen LogP contribution in [0.3, 0.4) is 0 Å². The molecule has 0 aromatic heterocycles. The SMILES string of the molecule is CC#CC(=O)OO. The highest BCUT2D eigenvalue weighted by molar-refractivity contribution is 5.87. The van der Waals surface area contributed by atoms with Gasteiger partial charge in [-0.15, -0.1) is 0 Å². The van der Waals surface area contributed by atoms with Crippen molar-refractivity contribution in [1.82, 2.24) is 0 Å². The van der Waals surface area contributed by atoms with Crippen LogP contribution in [0.1, 0.15) is 6.92 Å². The monoisotopic (exact) mass is 100 g/mol. The molecular formula is C4H4O3. The van der Waals surface area contributed by atoms with E-state index in [1.54, 1.807) is 0 Å². The average Bonchev–Trinajstić information content (AvgIpc) is 1.68. The fourth-order valence-electron chi connectivity index (χ4n) is 0.125. The zero-order valence-electron chi connectivity index (χ0n) is 3.76. The van der Waals surface area contributed by atoms with E-state index in [9.17, 15) is 4.79 Å². The van der Waals surface area contributed by atoms with Crippen LogP contribution in [0.2, 0.25) is 0 Å². The van der Waals surface area contributed by atoms with Gasteiger partial charge in [-0.3, -0.25) is 4.89 Å². The van der Waals surface area contributed by atoms with Gasteiger partial charge in [0.2, 0.25) is 0 Å². The van der Waals surface area contributed by atoms with Crippen LogP contribution in [0.15, 0.2) is 0 Å². The summed E-state index contributed by atoms with van der Waals surface area (Å²) >= 11 is 0. The molecule has 0 spiro atoms. The third kappa shape index (κ3) is 2.80. The zero-order chi connectivity index (χ0) is 5.70. The van der Waals surface area contributed by atoms with Crippen molar-refractivity contribution in [2.75, 3.05) is 0 Å². The van der Waals surface area contributed by atoms with Gasteiger partial charge in [-0.25, -0.2) is 4.79 Å². The number of hydrogen-bond acceptors (Lipinski definition) is 3. The van der Waals surface area contributed by atoms with Crippen molar-refractivity contribution >= 4 is 5.97 Å². The molecule has 38 valence electrons. The minimum Gasteiger partial charge on any atom is -0.286 e. The molecule has 3 heteroatoms. The van der Waals surface area contributed by atoms with E-state index >= 15 is 0 Å². The maximum absolute atomic E-state index is 9.77. The Morgan fingerprint density at radius 3 is 2.57 bits per heavy atom. The van der Waals surface area contributed by atoms with Gasteiger partial charge >= 0.3 is 5.97 Å². The Morgan fingerprint density at radius 2 is 2.43 bits per heavy atom. The molecule has 0 fully saturated rings. The van der Waals surface area contributed by atoms with Crippen LogP contribution < -0.4 is 0 Å². The van der Waals surface area contributed by atoms with Crippen LogP contribution in [0.4, 0.5) is 0 Å². The van der Waals surface area contributed by atoms with Gasteiger partial charge in [0, 0.05) is 5.92 Å². The lowest BCUT2D eigenvalue weighted by atomic mass is 10.6. The molecule has 0 unspecified atom stereocenters. The first-order valence-corrected chi connectivity index (χ1v) is 1.59. The molecule has 0 saturated heterocycles. The lowest BCUT2D eigenvalue weighted by molar-refractivity contribution is -0.226. The minimum atomic E-state index is -0.928. The molecule has 0 aliphatic rings. The Labute approximate surface area is 40.8 Å². The van der Waals surface area contributed by atoms with Crippen molar-refractivity contribution in [3.05, 3.63) is 0 Å². The van der Waals surface area contributed by atoms with Crippen molar-refractivity contribution < 1.29 is 14.9 Å². The van der Waals surface area contributed by atoms with Crippen LogP contribution in [0.5, 0.6) is 0 Å². The quantitative estimate of drug-likeness (QED) is 0.265. The van der Waals surface area contributed by atoms with Gasteiger partial charge in [0.1, 0.15) is 0 Å². The molecule has 0 aromatic rings. The third-order valence-corrected chi connectivity index (χ3v) is 0.310. The number of hydrogen-bond donors (Lipinski definition) is 1. The van der Waals surface area contributed by atoms with Crippen LogP contribution in [0, 0.1) is 11.8 Å². The molecule has 0 saturated carbocycles. The third-order valence-electron chi connectivity index (χ3n) is 0.310. The summed E-state index contributed by atoms with van der Waals surface area (Å²) < 4.78 is 0. The Bertz CT molecular complexity index is 117. The predicted molar refractivity (Wildman–Crippen MR) is 22.2 cm³/mol. The summed E-state index contributed by atoms with van der Waals surface area (Å²) in [4.78, 5) is 12.9. The highest BCUT2D eigenvalue weighted by Gasteiger charge is 1.87. The lowest BCUT2D eigenvalue weighted by Gasteiger charge is -1.77. The largest absolute Gasteiger partial charge is 0.416 e. The maximum atomic E-state index is 9.77. The minimum absolute atomic E-state index is 0.928. The van der Waals surface area contributed by atoms with Gasteiger partial charge in [0.25, 0.3) is 0 Å². The van der Waals surface area contributed by atoms with Gasteiger partial charge in [0.15, 0.2) is 0 Å². The summed E-state index contributed by atoms with van der Waals surface area (Å²) in [5.41, 5.74) is 0.